The van der Waals surface area contributed by atoms with Crippen LogP contribution in [0.5, 0.6) is 0 Å². The first-order chi connectivity index (χ1) is 8.20. The van der Waals surface area contributed by atoms with Gasteiger partial charge in [-0.1, -0.05) is 36.4 Å². The average molecular weight is 248 g/mol. The normalized spacial score (nSPS) is 12.4. The van der Waals surface area contributed by atoms with Gasteiger partial charge in [-0.15, -0.1) is 11.6 Å². The summed E-state index contributed by atoms with van der Waals surface area (Å²) in [5, 5.41) is 5.22. The van der Waals surface area contributed by atoms with Gasteiger partial charge in [-0.05, 0) is 29.3 Å². The molecule has 0 aliphatic heterocycles. The zero-order valence-electron chi connectivity index (χ0n) is 9.61. The molecule has 0 radical (unpaired) electrons. The van der Waals surface area contributed by atoms with E-state index in [-0.39, 0.29) is 17.8 Å². The van der Waals surface area contributed by atoms with E-state index in [1.54, 1.807) is 0 Å². The Morgan fingerprint density at radius 2 is 1.94 bits per heavy atom. The van der Waals surface area contributed by atoms with E-state index >= 15 is 0 Å². The van der Waals surface area contributed by atoms with Crippen molar-refractivity contribution in [3.63, 3.8) is 0 Å². The smallest absolute Gasteiger partial charge is 0.235 e. The predicted molar refractivity (Wildman–Crippen MR) is 71.2 cm³/mol. The van der Waals surface area contributed by atoms with Gasteiger partial charge in [0.05, 0.1) is 6.04 Å². The minimum Gasteiger partial charge on any atom is -0.349 e. The summed E-state index contributed by atoms with van der Waals surface area (Å²) >= 11 is 5.47. The Labute approximate surface area is 106 Å². The number of amides is 1. The van der Waals surface area contributed by atoms with Crippen LogP contribution in [0.25, 0.3) is 10.8 Å². The minimum absolute atomic E-state index is 0.00206. The van der Waals surface area contributed by atoms with E-state index < -0.39 is 0 Å². The van der Waals surface area contributed by atoms with E-state index in [9.17, 15) is 4.79 Å². The van der Waals surface area contributed by atoms with Crippen LogP contribution in [0.3, 0.4) is 0 Å². The number of hydrogen-bond acceptors (Lipinski definition) is 1. The molecule has 2 nitrogen and oxygen atoms in total. The Morgan fingerprint density at radius 1 is 1.24 bits per heavy atom. The molecule has 2 aromatic carbocycles. The molecule has 0 aromatic heterocycles. The van der Waals surface area contributed by atoms with Crippen LogP contribution < -0.4 is 5.32 Å². The number of benzene rings is 2. The molecule has 3 heteroatoms. The molecule has 0 aliphatic rings. The van der Waals surface area contributed by atoms with Gasteiger partial charge in [0, 0.05) is 0 Å². The molecule has 1 N–H and O–H groups in total. The van der Waals surface area contributed by atoms with Crippen LogP contribution in [0.15, 0.2) is 42.5 Å². The SMILES string of the molecule is C[C@H](NC(=O)CCl)c1ccc2ccccc2c1. The first-order valence-corrected chi connectivity index (χ1v) is 6.08. The fraction of sp³-hybridized carbons (Fsp3) is 0.214. The van der Waals surface area contributed by atoms with Gasteiger partial charge in [-0.25, -0.2) is 0 Å². The zero-order valence-corrected chi connectivity index (χ0v) is 10.4. The van der Waals surface area contributed by atoms with E-state index in [1.807, 2.05) is 25.1 Å². The standard InChI is InChI=1S/C14H14ClNO/c1-10(16-14(17)9-15)12-7-6-11-4-2-3-5-13(11)8-12/h2-8,10H,9H2,1H3,(H,16,17)/t10-/m0/s1. The molecule has 1 atom stereocenters. The molecule has 2 rings (SSSR count). The Bertz CT molecular complexity index is 538. The molecule has 0 saturated heterocycles. The van der Waals surface area contributed by atoms with Gasteiger partial charge >= 0.3 is 0 Å². The van der Waals surface area contributed by atoms with Gasteiger partial charge in [0.25, 0.3) is 0 Å². The third-order valence-electron chi connectivity index (χ3n) is 2.77. The largest absolute Gasteiger partial charge is 0.349 e. The second-order valence-corrected chi connectivity index (χ2v) is 4.30. The Balaban J connectivity index is 2.26. The van der Waals surface area contributed by atoms with Gasteiger partial charge in [-0.2, -0.15) is 0 Å². The predicted octanol–water partition coefficient (Wildman–Crippen LogP) is 3.26. The van der Waals surface area contributed by atoms with Gasteiger partial charge < -0.3 is 5.32 Å². The van der Waals surface area contributed by atoms with Crippen LogP contribution in [0.2, 0.25) is 0 Å². The van der Waals surface area contributed by atoms with Crippen molar-refractivity contribution in [1.29, 1.82) is 0 Å². The van der Waals surface area contributed by atoms with Crippen molar-refractivity contribution in [3.8, 4) is 0 Å². The van der Waals surface area contributed by atoms with Crippen molar-refractivity contribution in [2.24, 2.45) is 0 Å². The molecule has 88 valence electrons. The summed E-state index contributed by atoms with van der Waals surface area (Å²) in [6.07, 6.45) is 0. The van der Waals surface area contributed by atoms with Crippen molar-refractivity contribution in [3.05, 3.63) is 48.0 Å². The molecule has 17 heavy (non-hydrogen) atoms. The van der Waals surface area contributed by atoms with E-state index in [0.717, 1.165) is 5.56 Å². The summed E-state index contributed by atoms with van der Waals surface area (Å²) in [4.78, 5) is 11.2. The number of halogens is 1. The Kier molecular flexibility index (Phi) is 3.64. The number of carbonyl (C=O) groups is 1. The highest BCUT2D eigenvalue weighted by Crippen LogP contribution is 2.20. The van der Waals surface area contributed by atoms with Gasteiger partial charge in [0.1, 0.15) is 5.88 Å². The van der Waals surface area contributed by atoms with Gasteiger partial charge in [0.15, 0.2) is 0 Å². The molecular weight excluding hydrogens is 234 g/mol. The lowest BCUT2D eigenvalue weighted by Gasteiger charge is -2.14. The highest BCUT2D eigenvalue weighted by atomic mass is 35.5. The van der Waals surface area contributed by atoms with Crippen LogP contribution in [-0.4, -0.2) is 11.8 Å². The zero-order chi connectivity index (χ0) is 12.3. The van der Waals surface area contributed by atoms with Crippen molar-refractivity contribution >= 4 is 28.3 Å². The second-order valence-electron chi connectivity index (χ2n) is 4.03. The maximum atomic E-state index is 11.2. The highest BCUT2D eigenvalue weighted by molar-refractivity contribution is 6.27. The molecule has 0 unspecified atom stereocenters. The first-order valence-electron chi connectivity index (χ1n) is 5.55. The summed E-state index contributed by atoms with van der Waals surface area (Å²) < 4.78 is 0. The molecule has 0 saturated carbocycles. The van der Waals surface area contributed by atoms with Gasteiger partial charge in [0.2, 0.25) is 5.91 Å². The number of carbonyl (C=O) groups excluding carboxylic acids is 1. The molecule has 0 aliphatic carbocycles. The molecule has 0 spiro atoms. The van der Waals surface area contributed by atoms with Crippen LogP contribution in [0.4, 0.5) is 0 Å². The number of alkyl halides is 1. The Morgan fingerprint density at radius 3 is 2.65 bits per heavy atom. The fourth-order valence-electron chi connectivity index (χ4n) is 1.84. The van der Waals surface area contributed by atoms with Crippen molar-refractivity contribution in [1.82, 2.24) is 5.32 Å². The topological polar surface area (TPSA) is 29.1 Å². The molecule has 2 aromatic rings. The van der Waals surface area contributed by atoms with Gasteiger partial charge in [-0.3, -0.25) is 4.79 Å². The van der Waals surface area contributed by atoms with Crippen LogP contribution in [-0.2, 0) is 4.79 Å². The quantitative estimate of drug-likeness (QED) is 0.829. The average Bonchev–Trinajstić information content (AvgIpc) is 2.38. The lowest BCUT2D eigenvalue weighted by atomic mass is 10.0. The third-order valence-corrected chi connectivity index (χ3v) is 3.02. The van der Waals surface area contributed by atoms with E-state index in [1.165, 1.54) is 10.8 Å². The van der Waals surface area contributed by atoms with Crippen LogP contribution in [0.1, 0.15) is 18.5 Å². The Hall–Kier alpha value is -1.54. The summed E-state index contributed by atoms with van der Waals surface area (Å²) in [7, 11) is 0. The van der Waals surface area contributed by atoms with Crippen LogP contribution >= 0.6 is 11.6 Å². The van der Waals surface area contributed by atoms with Crippen molar-refractivity contribution in [2.75, 3.05) is 5.88 Å². The maximum Gasteiger partial charge on any atom is 0.235 e. The fourth-order valence-corrected chi connectivity index (χ4v) is 1.92. The highest BCUT2D eigenvalue weighted by Gasteiger charge is 2.08. The third kappa shape index (κ3) is 2.77. The lowest BCUT2D eigenvalue weighted by molar-refractivity contribution is -0.119. The monoisotopic (exact) mass is 247 g/mol. The van der Waals surface area contributed by atoms with Crippen molar-refractivity contribution < 1.29 is 4.79 Å². The summed E-state index contributed by atoms with van der Waals surface area (Å²) in [6.45, 7) is 1.95. The first kappa shape index (κ1) is 11.9. The summed E-state index contributed by atoms with van der Waals surface area (Å²) in [5.74, 6) is -0.148. The summed E-state index contributed by atoms with van der Waals surface area (Å²) in [5.41, 5.74) is 1.09. The molecular formula is C14H14ClNO. The number of rotatable bonds is 3. The van der Waals surface area contributed by atoms with Crippen molar-refractivity contribution in [2.45, 2.75) is 13.0 Å². The number of fused-ring (bicyclic) bond motifs is 1. The van der Waals surface area contributed by atoms with Crippen LogP contribution in [0, 0.1) is 0 Å². The minimum atomic E-state index is -0.146. The number of nitrogens with one attached hydrogen (secondary N) is 1. The van der Waals surface area contributed by atoms with E-state index in [2.05, 4.69) is 29.6 Å². The van der Waals surface area contributed by atoms with E-state index in [4.69, 9.17) is 11.6 Å². The molecule has 0 fully saturated rings. The summed E-state index contributed by atoms with van der Waals surface area (Å²) in [6, 6.07) is 14.3. The second kappa shape index (κ2) is 5.19. The maximum absolute atomic E-state index is 11.2. The van der Waals surface area contributed by atoms with E-state index in [0.29, 0.717) is 0 Å². The number of hydrogen-bond donors (Lipinski definition) is 1. The molecule has 0 bridgehead atoms. The lowest BCUT2D eigenvalue weighted by Crippen LogP contribution is -2.27. The molecule has 1 amide bonds. The molecule has 0 heterocycles.